The zero-order valence-electron chi connectivity index (χ0n) is 11.0. The van der Waals surface area contributed by atoms with E-state index in [0.29, 0.717) is 6.42 Å². The van der Waals surface area contributed by atoms with Crippen LogP contribution in [0.25, 0.3) is 0 Å². The maximum absolute atomic E-state index is 10.3. The number of aliphatic hydroxyl groups is 1. The molecule has 0 aliphatic carbocycles. The summed E-state index contributed by atoms with van der Waals surface area (Å²) >= 11 is 0. The van der Waals surface area contributed by atoms with E-state index in [9.17, 15) is 5.11 Å². The lowest BCUT2D eigenvalue weighted by molar-refractivity contribution is -0.0768. The molecule has 2 nitrogen and oxygen atoms in total. The minimum absolute atomic E-state index is 0.348. The first-order chi connectivity index (χ1) is 8.01. The molecule has 0 saturated carbocycles. The topological polar surface area (TPSA) is 29.5 Å². The van der Waals surface area contributed by atoms with E-state index in [0.717, 1.165) is 19.4 Å². The van der Waals surface area contributed by atoms with Gasteiger partial charge in [-0.2, -0.15) is 0 Å². The molecule has 1 aliphatic heterocycles. The lowest BCUT2D eigenvalue weighted by Crippen LogP contribution is -2.40. The van der Waals surface area contributed by atoms with Crippen molar-refractivity contribution in [3.8, 4) is 0 Å². The maximum atomic E-state index is 10.3. The molecule has 1 aromatic carbocycles. The third kappa shape index (κ3) is 2.70. The average Bonchev–Trinajstić information content (AvgIpc) is 2.72. The molecule has 2 heteroatoms. The molecule has 94 valence electrons. The van der Waals surface area contributed by atoms with Crippen LogP contribution in [0.2, 0.25) is 0 Å². The van der Waals surface area contributed by atoms with Crippen LogP contribution in [0.5, 0.6) is 0 Å². The summed E-state index contributed by atoms with van der Waals surface area (Å²) in [6.07, 6.45) is 2.28. The summed E-state index contributed by atoms with van der Waals surface area (Å²) in [6, 6.07) is 6.38. The lowest BCUT2D eigenvalue weighted by Gasteiger charge is -2.29. The highest BCUT2D eigenvalue weighted by Gasteiger charge is 2.37. The molecule has 2 atom stereocenters. The number of rotatable bonds is 3. The molecule has 0 spiro atoms. The molecule has 1 N–H and O–H groups in total. The van der Waals surface area contributed by atoms with E-state index in [1.165, 1.54) is 16.7 Å². The van der Waals surface area contributed by atoms with Crippen LogP contribution < -0.4 is 0 Å². The molecule has 1 fully saturated rings. The lowest BCUT2D eigenvalue weighted by atomic mass is 9.90. The molecule has 0 aromatic heterocycles. The molecule has 2 rings (SSSR count). The van der Waals surface area contributed by atoms with Gasteiger partial charge in [0.25, 0.3) is 0 Å². The Morgan fingerprint density at radius 2 is 2.12 bits per heavy atom. The van der Waals surface area contributed by atoms with Crippen LogP contribution in [0.4, 0.5) is 0 Å². The summed E-state index contributed by atoms with van der Waals surface area (Å²) in [4.78, 5) is 0. The number of benzene rings is 1. The molecular weight excluding hydrogens is 212 g/mol. The Balaban J connectivity index is 2.07. The molecule has 0 amide bonds. The molecule has 2 unspecified atom stereocenters. The smallest absolute Gasteiger partial charge is 0.0916 e. The number of hydrogen-bond acceptors (Lipinski definition) is 2. The summed E-state index contributed by atoms with van der Waals surface area (Å²) in [5.74, 6) is 0. The normalized spacial score (nSPS) is 26.1. The van der Waals surface area contributed by atoms with Gasteiger partial charge in [0.15, 0.2) is 0 Å². The predicted octanol–water partition coefficient (Wildman–Crippen LogP) is 2.78. The monoisotopic (exact) mass is 234 g/mol. The number of aliphatic hydroxyl groups excluding tert-OH is 1. The highest BCUT2D eigenvalue weighted by atomic mass is 16.5. The number of hydrogen-bond donors (Lipinski definition) is 1. The van der Waals surface area contributed by atoms with Crippen molar-refractivity contribution in [3.05, 3.63) is 34.9 Å². The molecule has 1 heterocycles. The highest BCUT2D eigenvalue weighted by molar-refractivity contribution is 5.30. The van der Waals surface area contributed by atoms with Gasteiger partial charge < -0.3 is 9.84 Å². The zero-order valence-corrected chi connectivity index (χ0v) is 11.0. The fourth-order valence-corrected chi connectivity index (χ4v) is 2.43. The van der Waals surface area contributed by atoms with Crippen LogP contribution in [-0.2, 0) is 11.2 Å². The van der Waals surface area contributed by atoms with Crippen molar-refractivity contribution in [3.63, 3.8) is 0 Å². The number of ether oxygens (including phenoxy) is 1. The first-order valence-electron chi connectivity index (χ1n) is 6.39. The Bertz CT molecular complexity index is 392. The molecule has 1 aromatic rings. The number of aryl methyl sites for hydroxylation is 2. The first-order valence-corrected chi connectivity index (χ1v) is 6.39. The third-order valence-corrected chi connectivity index (χ3v) is 3.95. The van der Waals surface area contributed by atoms with Crippen molar-refractivity contribution in [2.24, 2.45) is 0 Å². The van der Waals surface area contributed by atoms with Crippen LogP contribution in [0.15, 0.2) is 18.2 Å². The Morgan fingerprint density at radius 3 is 2.71 bits per heavy atom. The largest absolute Gasteiger partial charge is 0.390 e. The second-order valence-corrected chi connectivity index (χ2v) is 5.40. The predicted molar refractivity (Wildman–Crippen MR) is 69.2 cm³/mol. The quantitative estimate of drug-likeness (QED) is 0.871. The highest BCUT2D eigenvalue weighted by Crippen LogP contribution is 2.30. The summed E-state index contributed by atoms with van der Waals surface area (Å²) in [6.45, 7) is 7.02. The van der Waals surface area contributed by atoms with Gasteiger partial charge >= 0.3 is 0 Å². The van der Waals surface area contributed by atoms with E-state index in [-0.39, 0.29) is 5.60 Å². The minimum atomic E-state index is -0.410. The minimum Gasteiger partial charge on any atom is -0.390 e. The van der Waals surface area contributed by atoms with Gasteiger partial charge in [0.2, 0.25) is 0 Å². The van der Waals surface area contributed by atoms with Gasteiger partial charge in [-0.1, -0.05) is 18.2 Å². The second-order valence-electron chi connectivity index (χ2n) is 5.40. The van der Waals surface area contributed by atoms with Gasteiger partial charge in [0.1, 0.15) is 0 Å². The zero-order chi connectivity index (χ0) is 12.5. The standard InChI is InChI=1S/C15H22O2/c1-11-5-6-13(9-12(11)2)10-14(16)15(3)7-4-8-17-15/h5-6,9,14,16H,4,7-8,10H2,1-3H3. The first kappa shape index (κ1) is 12.6. The third-order valence-electron chi connectivity index (χ3n) is 3.95. The Kier molecular flexibility index (Phi) is 3.55. The van der Waals surface area contributed by atoms with E-state index >= 15 is 0 Å². The van der Waals surface area contributed by atoms with Crippen LogP contribution in [0.3, 0.4) is 0 Å². The van der Waals surface area contributed by atoms with Crippen molar-refractivity contribution < 1.29 is 9.84 Å². The Hall–Kier alpha value is -0.860. The summed E-state index contributed by atoms with van der Waals surface area (Å²) in [5.41, 5.74) is 3.43. The van der Waals surface area contributed by atoms with Gasteiger partial charge in [0.05, 0.1) is 11.7 Å². The van der Waals surface area contributed by atoms with Crippen LogP contribution >= 0.6 is 0 Å². The van der Waals surface area contributed by atoms with Gasteiger partial charge in [-0.05, 0) is 50.3 Å². The van der Waals surface area contributed by atoms with Crippen LogP contribution in [-0.4, -0.2) is 23.4 Å². The van der Waals surface area contributed by atoms with E-state index in [4.69, 9.17) is 4.74 Å². The van der Waals surface area contributed by atoms with E-state index in [2.05, 4.69) is 32.0 Å². The van der Waals surface area contributed by atoms with Crippen LogP contribution in [0, 0.1) is 13.8 Å². The van der Waals surface area contributed by atoms with Gasteiger partial charge in [-0.15, -0.1) is 0 Å². The van der Waals surface area contributed by atoms with E-state index in [1.54, 1.807) is 0 Å². The maximum Gasteiger partial charge on any atom is 0.0916 e. The molecule has 1 saturated heterocycles. The van der Waals surface area contributed by atoms with Gasteiger partial charge in [-0.25, -0.2) is 0 Å². The molecular formula is C15H22O2. The summed E-state index contributed by atoms with van der Waals surface area (Å²) < 4.78 is 5.68. The van der Waals surface area contributed by atoms with Gasteiger partial charge in [-0.3, -0.25) is 0 Å². The average molecular weight is 234 g/mol. The van der Waals surface area contributed by atoms with Crippen LogP contribution in [0.1, 0.15) is 36.5 Å². The fraction of sp³-hybridized carbons (Fsp3) is 0.600. The molecule has 0 bridgehead atoms. The van der Waals surface area contributed by atoms with Gasteiger partial charge in [0, 0.05) is 13.0 Å². The Labute approximate surface area is 104 Å². The van der Waals surface area contributed by atoms with Crippen molar-refractivity contribution >= 4 is 0 Å². The molecule has 0 radical (unpaired) electrons. The summed E-state index contributed by atoms with van der Waals surface area (Å²) in [7, 11) is 0. The SMILES string of the molecule is Cc1ccc(CC(O)C2(C)CCCO2)cc1C. The van der Waals surface area contributed by atoms with Crippen molar-refractivity contribution in [1.29, 1.82) is 0 Å². The summed E-state index contributed by atoms with van der Waals surface area (Å²) in [5, 5.41) is 10.3. The molecule has 1 aliphatic rings. The Morgan fingerprint density at radius 1 is 1.35 bits per heavy atom. The molecule has 17 heavy (non-hydrogen) atoms. The van der Waals surface area contributed by atoms with E-state index < -0.39 is 6.10 Å². The fourth-order valence-electron chi connectivity index (χ4n) is 2.43. The van der Waals surface area contributed by atoms with E-state index in [1.807, 2.05) is 6.92 Å². The van der Waals surface area contributed by atoms with Crippen molar-refractivity contribution in [1.82, 2.24) is 0 Å². The second kappa shape index (κ2) is 4.79. The van der Waals surface area contributed by atoms with Crippen molar-refractivity contribution in [2.45, 2.75) is 51.7 Å². The van der Waals surface area contributed by atoms with Crippen molar-refractivity contribution in [2.75, 3.05) is 6.61 Å².